The normalized spacial score (nSPS) is 29.8. The molecule has 1 heterocycles. The van der Waals surface area contributed by atoms with Crippen LogP contribution in [0.3, 0.4) is 0 Å². The van der Waals surface area contributed by atoms with Gasteiger partial charge in [-0.25, -0.2) is 0 Å². The third kappa shape index (κ3) is 3.93. The fourth-order valence-corrected chi connectivity index (χ4v) is 2.50. The second-order valence-corrected chi connectivity index (χ2v) is 6.31. The van der Waals surface area contributed by atoms with Crippen molar-refractivity contribution in [2.24, 2.45) is 0 Å². The number of halogens is 3. The maximum atomic E-state index is 10.5. The van der Waals surface area contributed by atoms with Crippen LogP contribution in [-0.2, 0) is 9.53 Å². The van der Waals surface area contributed by atoms with Gasteiger partial charge in [0.25, 0.3) is 0 Å². The largest absolute Gasteiger partial charge is 0.373 e. The molecule has 1 amide bonds. The van der Waals surface area contributed by atoms with Gasteiger partial charge in [-0.1, -0.05) is 34.8 Å². The van der Waals surface area contributed by atoms with Gasteiger partial charge in [0, 0.05) is 13.1 Å². The Morgan fingerprint density at radius 1 is 1.38 bits per heavy atom. The fourth-order valence-electron chi connectivity index (χ4n) is 1.90. The summed E-state index contributed by atoms with van der Waals surface area (Å²) in [5.41, 5.74) is 0. The Labute approximate surface area is 110 Å². The lowest BCUT2D eigenvalue weighted by Gasteiger charge is -2.42. The maximum Gasteiger partial charge on any atom is 0.223 e. The van der Waals surface area contributed by atoms with Crippen molar-refractivity contribution in [3.05, 3.63) is 0 Å². The van der Waals surface area contributed by atoms with Crippen molar-refractivity contribution in [3.63, 3.8) is 0 Å². The molecular weight excluding hydrogens is 274 g/mol. The molecule has 94 valence electrons. The second kappa shape index (κ2) is 5.74. The zero-order valence-electron chi connectivity index (χ0n) is 9.12. The van der Waals surface area contributed by atoms with Crippen molar-refractivity contribution in [2.75, 3.05) is 13.1 Å². The summed E-state index contributed by atoms with van der Waals surface area (Å²) >= 11 is 17.5. The monoisotopic (exact) mass is 288 g/mol. The van der Waals surface area contributed by atoms with Gasteiger partial charge in [-0.15, -0.1) is 0 Å². The van der Waals surface area contributed by atoms with Gasteiger partial charge in [0.05, 0.1) is 12.2 Å². The maximum absolute atomic E-state index is 10.5. The van der Waals surface area contributed by atoms with Crippen LogP contribution in [0, 0.1) is 0 Å². The number of morpholine rings is 1. The van der Waals surface area contributed by atoms with Gasteiger partial charge in [-0.3, -0.25) is 9.69 Å². The predicted octanol–water partition coefficient (Wildman–Crippen LogP) is 1.54. The average molecular weight is 290 g/mol. The Bertz CT molecular complexity index is 237. The molecule has 0 aromatic carbocycles. The molecule has 0 aromatic heterocycles. The molecule has 1 rings (SSSR count). The van der Waals surface area contributed by atoms with Crippen LogP contribution in [0.25, 0.3) is 0 Å². The zero-order valence-corrected chi connectivity index (χ0v) is 11.4. The first kappa shape index (κ1) is 14.3. The molecule has 3 atom stereocenters. The van der Waals surface area contributed by atoms with Crippen LogP contribution < -0.4 is 5.32 Å². The number of nitrogens with zero attached hydrogens (tertiary/aromatic N) is 1. The molecule has 0 radical (unpaired) electrons. The summed E-state index contributed by atoms with van der Waals surface area (Å²) in [6, 6.07) is 0. The van der Waals surface area contributed by atoms with Crippen LogP contribution in [0.1, 0.15) is 13.8 Å². The van der Waals surface area contributed by atoms with Gasteiger partial charge in [-0.05, 0) is 13.8 Å². The van der Waals surface area contributed by atoms with E-state index in [1.54, 1.807) is 0 Å². The lowest BCUT2D eigenvalue weighted by molar-refractivity contribution is -0.115. The highest BCUT2D eigenvalue weighted by Gasteiger charge is 2.39. The van der Waals surface area contributed by atoms with Gasteiger partial charge < -0.3 is 10.1 Å². The van der Waals surface area contributed by atoms with Gasteiger partial charge in [0.1, 0.15) is 6.17 Å². The molecule has 0 aromatic rings. The van der Waals surface area contributed by atoms with E-state index in [-0.39, 0.29) is 12.2 Å². The molecule has 0 spiro atoms. The number of carbonyl (C=O) groups excluding carboxylic acids is 1. The van der Waals surface area contributed by atoms with E-state index >= 15 is 0 Å². The summed E-state index contributed by atoms with van der Waals surface area (Å²) < 4.78 is 4.01. The lowest BCUT2D eigenvalue weighted by atomic mass is 10.2. The molecule has 1 N–H and O–H groups in total. The van der Waals surface area contributed by atoms with E-state index in [1.807, 2.05) is 18.7 Å². The molecule has 16 heavy (non-hydrogen) atoms. The molecular formula is C9H15Cl3N2O2. The summed E-state index contributed by atoms with van der Waals surface area (Å²) in [7, 11) is 0. The van der Waals surface area contributed by atoms with Crippen LogP contribution in [0.4, 0.5) is 0 Å². The van der Waals surface area contributed by atoms with E-state index in [1.165, 1.54) is 0 Å². The van der Waals surface area contributed by atoms with Gasteiger partial charge >= 0.3 is 0 Å². The van der Waals surface area contributed by atoms with E-state index in [2.05, 4.69) is 5.32 Å². The average Bonchev–Trinajstić information content (AvgIpc) is 2.10. The SMILES string of the molecule is CC1CN(C(NC=O)C(Cl)(Cl)Cl)CC(C)O1. The van der Waals surface area contributed by atoms with Crippen molar-refractivity contribution in [3.8, 4) is 0 Å². The number of rotatable bonds is 3. The molecule has 4 nitrogen and oxygen atoms in total. The van der Waals surface area contributed by atoms with Gasteiger partial charge in [-0.2, -0.15) is 0 Å². The van der Waals surface area contributed by atoms with Crippen molar-refractivity contribution in [1.82, 2.24) is 10.2 Å². The third-order valence-corrected chi connectivity index (χ3v) is 2.97. The minimum Gasteiger partial charge on any atom is -0.373 e. The lowest BCUT2D eigenvalue weighted by Crippen LogP contribution is -2.59. The third-order valence-electron chi connectivity index (χ3n) is 2.35. The van der Waals surface area contributed by atoms with Crippen molar-refractivity contribution in [1.29, 1.82) is 0 Å². The number of ether oxygens (including phenoxy) is 1. The highest BCUT2D eigenvalue weighted by molar-refractivity contribution is 6.68. The molecule has 0 aliphatic carbocycles. The Kier molecular flexibility index (Phi) is 5.13. The van der Waals surface area contributed by atoms with Crippen molar-refractivity contribution in [2.45, 2.75) is 36.0 Å². The van der Waals surface area contributed by atoms with Crippen molar-refractivity contribution >= 4 is 41.2 Å². The first-order valence-corrected chi connectivity index (χ1v) is 6.14. The van der Waals surface area contributed by atoms with Crippen LogP contribution in [0.5, 0.6) is 0 Å². The summed E-state index contributed by atoms with van der Waals surface area (Å²) in [4.78, 5) is 12.4. The van der Waals surface area contributed by atoms with Crippen LogP contribution in [0.2, 0.25) is 0 Å². The zero-order chi connectivity index (χ0) is 12.3. The van der Waals surface area contributed by atoms with E-state index in [9.17, 15) is 4.79 Å². The molecule has 7 heteroatoms. The molecule has 0 bridgehead atoms. The molecule has 0 saturated carbocycles. The predicted molar refractivity (Wildman–Crippen MR) is 64.9 cm³/mol. The Morgan fingerprint density at radius 3 is 2.25 bits per heavy atom. The van der Waals surface area contributed by atoms with Crippen LogP contribution >= 0.6 is 34.8 Å². The first-order valence-electron chi connectivity index (χ1n) is 5.00. The Balaban J connectivity index is 2.73. The number of carbonyl (C=O) groups is 1. The van der Waals surface area contributed by atoms with E-state index in [4.69, 9.17) is 39.5 Å². The van der Waals surface area contributed by atoms with Crippen LogP contribution in [-0.4, -0.2) is 46.6 Å². The highest BCUT2D eigenvalue weighted by atomic mass is 35.6. The van der Waals surface area contributed by atoms with E-state index in [0.29, 0.717) is 19.5 Å². The summed E-state index contributed by atoms with van der Waals surface area (Å²) in [6.45, 7) is 5.12. The first-order chi connectivity index (χ1) is 7.34. The summed E-state index contributed by atoms with van der Waals surface area (Å²) in [6.07, 6.45) is 0.0000628. The standard InChI is InChI=1S/C9H15Cl3N2O2/c1-6-3-14(4-7(2)16-6)8(13-5-15)9(10,11)12/h5-8H,3-4H2,1-2H3,(H,13,15). The summed E-state index contributed by atoms with van der Waals surface area (Å²) in [5.74, 6) is 0. The number of alkyl halides is 3. The smallest absolute Gasteiger partial charge is 0.223 e. The Hall–Kier alpha value is 0.260. The van der Waals surface area contributed by atoms with Crippen molar-refractivity contribution < 1.29 is 9.53 Å². The minimum atomic E-state index is -1.56. The van der Waals surface area contributed by atoms with E-state index < -0.39 is 9.96 Å². The highest BCUT2D eigenvalue weighted by Crippen LogP contribution is 2.33. The number of amides is 1. The summed E-state index contributed by atoms with van der Waals surface area (Å²) in [5, 5.41) is 2.53. The fraction of sp³-hybridized carbons (Fsp3) is 0.889. The molecule has 3 unspecified atom stereocenters. The molecule has 1 aliphatic rings. The minimum absolute atomic E-state index is 0.0482. The van der Waals surface area contributed by atoms with Crippen LogP contribution in [0.15, 0.2) is 0 Å². The topological polar surface area (TPSA) is 41.6 Å². The number of hydrogen-bond acceptors (Lipinski definition) is 3. The second-order valence-electron chi connectivity index (χ2n) is 3.94. The van der Waals surface area contributed by atoms with Gasteiger partial charge in [0.15, 0.2) is 0 Å². The Morgan fingerprint density at radius 2 is 1.88 bits per heavy atom. The van der Waals surface area contributed by atoms with Gasteiger partial charge in [0.2, 0.25) is 10.2 Å². The quantitative estimate of drug-likeness (QED) is 0.633. The molecule has 1 aliphatic heterocycles. The number of nitrogens with one attached hydrogen (secondary N) is 1. The molecule has 1 fully saturated rings. The molecule has 1 saturated heterocycles. The number of hydrogen-bond donors (Lipinski definition) is 1. The van der Waals surface area contributed by atoms with E-state index in [0.717, 1.165) is 0 Å².